The highest BCUT2D eigenvalue weighted by molar-refractivity contribution is 6.35. The predicted octanol–water partition coefficient (Wildman–Crippen LogP) is 4.55. The van der Waals surface area contributed by atoms with Gasteiger partial charge in [-0.1, -0.05) is 29.3 Å². The normalized spacial score (nSPS) is 10.4. The fourth-order valence-electron chi connectivity index (χ4n) is 1.13. The topological polar surface area (TPSA) is 0 Å². The Bertz CT molecular complexity index is 271. The molecule has 1 aromatic rings. The number of rotatable bonds is 4. The first-order valence-electron chi connectivity index (χ1n) is 4.24. The van der Waals surface area contributed by atoms with E-state index in [1.54, 1.807) is 6.07 Å². The maximum atomic E-state index is 5.99. The fraction of sp³-hybridized carbons (Fsp3) is 0.400. The predicted molar refractivity (Wildman–Crippen MR) is 60.1 cm³/mol. The zero-order chi connectivity index (χ0) is 9.68. The van der Waals surface area contributed by atoms with E-state index < -0.39 is 0 Å². The SMILES string of the molecule is ClCCCCc1ccc(Cl)cc1Cl. The Morgan fingerprint density at radius 2 is 1.85 bits per heavy atom. The molecular weight excluding hydrogens is 226 g/mol. The monoisotopic (exact) mass is 236 g/mol. The van der Waals surface area contributed by atoms with E-state index in [0.29, 0.717) is 10.9 Å². The highest BCUT2D eigenvalue weighted by atomic mass is 35.5. The smallest absolute Gasteiger partial charge is 0.0452 e. The molecule has 13 heavy (non-hydrogen) atoms. The third-order valence-corrected chi connectivity index (χ3v) is 2.70. The van der Waals surface area contributed by atoms with Gasteiger partial charge >= 0.3 is 0 Å². The number of alkyl halides is 1. The van der Waals surface area contributed by atoms with Crippen LogP contribution in [-0.4, -0.2) is 5.88 Å². The van der Waals surface area contributed by atoms with Crippen molar-refractivity contribution in [3.63, 3.8) is 0 Å². The molecule has 0 saturated carbocycles. The lowest BCUT2D eigenvalue weighted by atomic mass is 10.1. The second-order valence-electron chi connectivity index (χ2n) is 2.88. The van der Waals surface area contributed by atoms with E-state index in [-0.39, 0.29) is 0 Å². The first-order valence-corrected chi connectivity index (χ1v) is 5.53. The third kappa shape index (κ3) is 3.76. The molecule has 0 aliphatic carbocycles. The summed E-state index contributed by atoms with van der Waals surface area (Å²) < 4.78 is 0. The van der Waals surface area contributed by atoms with Gasteiger partial charge in [-0.25, -0.2) is 0 Å². The highest BCUT2D eigenvalue weighted by Gasteiger charge is 2.00. The van der Waals surface area contributed by atoms with Gasteiger partial charge in [0.25, 0.3) is 0 Å². The van der Waals surface area contributed by atoms with Gasteiger partial charge < -0.3 is 0 Å². The van der Waals surface area contributed by atoms with Crippen LogP contribution in [0.15, 0.2) is 18.2 Å². The summed E-state index contributed by atoms with van der Waals surface area (Å²) in [6.07, 6.45) is 3.08. The number of benzene rings is 1. The lowest BCUT2D eigenvalue weighted by molar-refractivity contribution is 0.800. The van der Waals surface area contributed by atoms with Gasteiger partial charge in [0.1, 0.15) is 0 Å². The van der Waals surface area contributed by atoms with Gasteiger partial charge in [0, 0.05) is 15.9 Å². The van der Waals surface area contributed by atoms with Crippen LogP contribution in [0.4, 0.5) is 0 Å². The molecule has 0 heterocycles. The molecule has 1 aromatic carbocycles. The molecule has 72 valence electrons. The number of aryl methyl sites for hydroxylation is 1. The zero-order valence-electron chi connectivity index (χ0n) is 7.19. The van der Waals surface area contributed by atoms with Crippen molar-refractivity contribution < 1.29 is 0 Å². The lowest BCUT2D eigenvalue weighted by Crippen LogP contribution is -1.87. The number of unbranched alkanes of at least 4 members (excludes halogenated alkanes) is 1. The fourth-order valence-corrected chi connectivity index (χ4v) is 1.83. The lowest BCUT2D eigenvalue weighted by Gasteiger charge is -2.03. The van der Waals surface area contributed by atoms with Crippen molar-refractivity contribution in [2.75, 3.05) is 5.88 Å². The van der Waals surface area contributed by atoms with Crippen molar-refractivity contribution in [2.45, 2.75) is 19.3 Å². The van der Waals surface area contributed by atoms with Gasteiger partial charge in [0.2, 0.25) is 0 Å². The van der Waals surface area contributed by atoms with Crippen LogP contribution < -0.4 is 0 Å². The molecule has 3 heteroatoms. The summed E-state index contributed by atoms with van der Waals surface area (Å²) in [6, 6.07) is 5.61. The molecule has 0 atom stereocenters. The van der Waals surface area contributed by atoms with Crippen LogP contribution in [0.3, 0.4) is 0 Å². The van der Waals surface area contributed by atoms with Gasteiger partial charge in [-0.15, -0.1) is 11.6 Å². The Balaban J connectivity index is 2.56. The summed E-state index contributed by atoms with van der Waals surface area (Å²) in [7, 11) is 0. The van der Waals surface area contributed by atoms with E-state index in [1.165, 1.54) is 0 Å². The molecule has 0 amide bonds. The molecule has 0 fully saturated rings. The molecule has 0 aliphatic rings. The molecule has 0 nitrogen and oxygen atoms in total. The maximum absolute atomic E-state index is 5.99. The minimum absolute atomic E-state index is 0.686. The summed E-state index contributed by atoms with van der Waals surface area (Å²) >= 11 is 17.3. The minimum atomic E-state index is 0.686. The molecule has 0 bridgehead atoms. The maximum Gasteiger partial charge on any atom is 0.0452 e. The van der Waals surface area contributed by atoms with Gasteiger partial charge in [-0.05, 0) is 37.0 Å². The van der Waals surface area contributed by atoms with Crippen LogP contribution >= 0.6 is 34.8 Å². The van der Waals surface area contributed by atoms with Crippen molar-refractivity contribution in [2.24, 2.45) is 0 Å². The van der Waals surface area contributed by atoms with Crippen LogP contribution in [0.2, 0.25) is 10.0 Å². The Kier molecular flexibility index (Phi) is 4.93. The molecule has 0 saturated heterocycles. The first kappa shape index (κ1) is 11.2. The van der Waals surface area contributed by atoms with Crippen LogP contribution in [0, 0.1) is 0 Å². The molecule has 0 N–H and O–H groups in total. The molecule has 0 aromatic heterocycles. The molecule has 0 radical (unpaired) electrons. The van der Waals surface area contributed by atoms with Crippen molar-refractivity contribution >= 4 is 34.8 Å². The quantitative estimate of drug-likeness (QED) is 0.532. The van der Waals surface area contributed by atoms with E-state index >= 15 is 0 Å². The Morgan fingerprint density at radius 3 is 2.46 bits per heavy atom. The summed E-state index contributed by atoms with van der Waals surface area (Å²) in [5.74, 6) is 0.714. The Morgan fingerprint density at radius 1 is 1.08 bits per heavy atom. The summed E-state index contributed by atoms with van der Waals surface area (Å²) in [4.78, 5) is 0. The second-order valence-corrected chi connectivity index (χ2v) is 4.10. The Labute approximate surface area is 93.8 Å². The van der Waals surface area contributed by atoms with E-state index in [9.17, 15) is 0 Å². The number of halogens is 3. The molecule has 0 aliphatic heterocycles. The highest BCUT2D eigenvalue weighted by Crippen LogP contribution is 2.22. The standard InChI is InChI=1S/C10H11Cl3/c11-6-2-1-3-8-4-5-9(12)7-10(8)13/h4-5,7H,1-3,6H2. The minimum Gasteiger partial charge on any atom is -0.127 e. The van der Waals surface area contributed by atoms with E-state index in [2.05, 4.69) is 0 Å². The second kappa shape index (κ2) is 5.74. The summed E-state index contributed by atoms with van der Waals surface area (Å²) in [5, 5.41) is 1.44. The van der Waals surface area contributed by atoms with Gasteiger partial charge in [-0.2, -0.15) is 0 Å². The van der Waals surface area contributed by atoms with E-state index in [4.69, 9.17) is 34.8 Å². The van der Waals surface area contributed by atoms with Crippen LogP contribution in [0.1, 0.15) is 18.4 Å². The van der Waals surface area contributed by atoms with Gasteiger partial charge in [0.15, 0.2) is 0 Å². The largest absolute Gasteiger partial charge is 0.127 e. The summed E-state index contributed by atoms with van der Waals surface area (Å²) in [5.41, 5.74) is 1.15. The van der Waals surface area contributed by atoms with Crippen molar-refractivity contribution in [1.29, 1.82) is 0 Å². The number of hydrogen-bond donors (Lipinski definition) is 0. The van der Waals surface area contributed by atoms with Gasteiger partial charge in [0.05, 0.1) is 0 Å². The Hall–Kier alpha value is 0.0900. The molecule has 0 unspecified atom stereocenters. The molecule has 1 rings (SSSR count). The average Bonchev–Trinajstić information content (AvgIpc) is 2.09. The summed E-state index contributed by atoms with van der Waals surface area (Å²) in [6.45, 7) is 0. The van der Waals surface area contributed by atoms with Crippen LogP contribution in [-0.2, 0) is 6.42 Å². The molecule has 0 spiro atoms. The van der Waals surface area contributed by atoms with Crippen LogP contribution in [0.25, 0.3) is 0 Å². The van der Waals surface area contributed by atoms with Crippen molar-refractivity contribution in [3.8, 4) is 0 Å². The van der Waals surface area contributed by atoms with Crippen LogP contribution in [0.5, 0.6) is 0 Å². The van der Waals surface area contributed by atoms with Crippen molar-refractivity contribution in [3.05, 3.63) is 33.8 Å². The first-order chi connectivity index (χ1) is 6.24. The van der Waals surface area contributed by atoms with E-state index in [1.807, 2.05) is 12.1 Å². The molecular formula is C10H11Cl3. The average molecular weight is 238 g/mol. The van der Waals surface area contributed by atoms with Crippen molar-refractivity contribution in [1.82, 2.24) is 0 Å². The third-order valence-electron chi connectivity index (χ3n) is 1.84. The van der Waals surface area contributed by atoms with Gasteiger partial charge in [-0.3, -0.25) is 0 Å². The number of hydrogen-bond acceptors (Lipinski definition) is 0. The zero-order valence-corrected chi connectivity index (χ0v) is 9.46. The van der Waals surface area contributed by atoms with E-state index in [0.717, 1.165) is 29.8 Å².